The third kappa shape index (κ3) is 18.7. The number of carboxylic acid groups (broad SMARTS) is 1. The van der Waals surface area contributed by atoms with Gasteiger partial charge in [-0.3, -0.25) is 4.79 Å². The Balaban J connectivity index is 3.29. The van der Waals surface area contributed by atoms with Crippen molar-refractivity contribution >= 4 is 5.97 Å². The van der Waals surface area contributed by atoms with E-state index in [1.807, 2.05) is 0 Å². The van der Waals surface area contributed by atoms with Crippen LogP contribution in [0.25, 0.3) is 0 Å². The van der Waals surface area contributed by atoms with Crippen molar-refractivity contribution < 1.29 is 9.90 Å². The van der Waals surface area contributed by atoms with Gasteiger partial charge in [-0.15, -0.1) is 0 Å². The fraction of sp³-hybridized carbons (Fsp3) is 0.650. The molecule has 22 heavy (non-hydrogen) atoms. The van der Waals surface area contributed by atoms with E-state index < -0.39 is 5.97 Å². The molecule has 0 aromatic rings. The minimum Gasteiger partial charge on any atom is -0.481 e. The molecule has 0 radical (unpaired) electrons. The zero-order chi connectivity index (χ0) is 16.3. The number of hydrogen-bond acceptors (Lipinski definition) is 1. The molecule has 0 fully saturated rings. The summed E-state index contributed by atoms with van der Waals surface area (Å²) in [6.45, 7) is 2.23. The van der Waals surface area contributed by atoms with E-state index in [1.165, 1.54) is 38.5 Å². The van der Waals surface area contributed by atoms with Crippen LogP contribution in [0.3, 0.4) is 0 Å². The number of aliphatic carboxylic acids is 1. The largest absolute Gasteiger partial charge is 0.481 e. The maximum atomic E-state index is 10.3. The molecule has 0 bridgehead atoms. The van der Waals surface area contributed by atoms with Gasteiger partial charge in [-0.2, -0.15) is 0 Å². The lowest BCUT2D eigenvalue weighted by Gasteiger charge is -1.97. The monoisotopic (exact) mass is 306 g/mol. The van der Waals surface area contributed by atoms with Crippen molar-refractivity contribution in [3.05, 3.63) is 36.5 Å². The summed E-state index contributed by atoms with van der Waals surface area (Å²) < 4.78 is 0. The normalized spacial score (nSPS) is 12.0. The van der Waals surface area contributed by atoms with Crippen molar-refractivity contribution in [3.8, 4) is 0 Å². The van der Waals surface area contributed by atoms with E-state index in [2.05, 4.69) is 43.4 Å². The van der Waals surface area contributed by atoms with Gasteiger partial charge in [-0.05, 0) is 38.5 Å². The summed E-state index contributed by atoms with van der Waals surface area (Å²) in [4.78, 5) is 10.3. The van der Waals surface area contributed by atoms with Gasteiger partial charge >= 0.3 is 5.97 Å². The van der Waals surface area contributed by atoms with Crippen LogP contribution in [0.15, 0.2) is 36.5 Å². The van der Waals surface area contributed by atoms with Crippen LogP contribution in [0.1, 0.15) is 84.0 Å². The van der Waals surface area contributed by atoms with Crippen LogP contribution in [0.2, 0.25) is 0 Å². The fourth-order valence-corrected chi connectivity index (χ4v) is 2.21. The molecule has 0 saturated carbocycles. The molecule has 0 aliphatic heterocycles. The smallest absolute Gasteiger partial charge is 0.303 e. The Morgan fingerprint density at radius 1 is 0.773 bits per heavy atom. The molecule has 0 amide bonds. The van der Waals surface area contributed by atoms with Crippen molar-refractivity contribution in [1.29, 1.82) is 0 Å². The zero-order valence-corrected chi connectivity index (χ0v) is 14.3. The van der Waals surface area contributed by atoms with Gasteiger partial charge in [0.15, 0.2) is 0 Å². The zero-order valence-electron chi connectivity index (χ0n) is 14.3. The predicted octanol–water partition coefficient (Wildman–Crippen LogP) is 6.44. The van der Waals surface area contributed by atoms with E-state index in [9.17, 15) is 4.79 Å². The molecule has 0 aliphatic carbocycles. The number of unbranched alkanes of at least 4 members (excludes halogenated alkanes) is 8. The molecule has 1 N–H and O–H groups in total. The molecule has 0 rings (SSSR count). The number of allylic oxidation sites excluding steroid dienone is 6. The third-order valence-corrected chi connectivity index (χ3v) is 3.56. The van der Waals surface area contributed by atoms with Gasteiger partial charge in [-0.25, -0.2) is 0 Å². The molecular formula is C20H34O2. The second-order valence-corrected chi connectivity index (χ2v) is 5.76. The van der Waals surface area contributed by atoms with Gasteiger partial charge in [0.25, 0.3) is 0 Å². The lowest BCUT2D eigenvalue weighted by atomic mass is 10.1. The van der Waals surface area contributed by atoms with Crippen LogP contribution in [0.4, 0.5) is 0 Å². The fourth-order valence-electron chi connectivity index (χ4n) is 2.21. The summed E-state index contributed by atoms with van der Waals surface area (Å²) in [5.41, 5.74) is 0. The quantitative estimate of drug-likeness (QED) is 0.215. The van der Waals surface area contributed by atoms with Crippen molar-refractivity contribution in [1.82, 2.24) is 0 Å². The van der Waals surface area contributed by atoms with E-state index in [0.29, 0.717) is 6.42 Å². The second-order valence-electron chi connectivity index (χ2n) is 5.76. The second kappa shape index (κ2) is 17.7. The van der Waals surface area contributed by atoms with Crippen LogP contribution < -0.4 is 0 Å². The van der Waals surface area contributed by atoms with Crippen molar-refractivity contribution in [2.75, 3.05) is 0 Å². The average molecular weight is 306 g/mol. The molecule has 0 aliphatic rings. The Labute approximate surface area is 137 Å². The highest BCUT2D eigenvalue weighted by atomic mass is 16.4. The lowest BCUT2D eigenvalue weighted by molar-refractivity contribution is -0.137. The van der Waals surface area contributed by atoms with Crippen LogP contribution >= 0.6 is 0 Å². The molecule has 0 heterocycles. The topological polar surface area (TPSA) is 37.3 Å². The Morgan fingerprint density at radius 3 is 2.18 bits per heavy atom. The lowest BCUT2D eigenvalue weighted by Crippen LogP contribution is -1.93. The molecule has 0 atom stereocenters. The van der Waals surface area contributed by atoms with Gasteiger partial charge in [0.05, 0.1) is 0 Å². The first-order valence-electron chi connectivity index (χ1n) is 8.95. The first kappa shape index (κ1) is 20.7. The highest BCUT2D eigenvalue weighted by molar-refractivity contribution is 5.66. The van der Waals surface area contributed by atoms with Crippen molar-refractivity contribution in [2.24, 2.45) is 0 Å². The standard InChI is InChI=1S/C20H34O2/c1-2-3-4-5-6-7-8-9-10-11-12-13-14-15-16-17-18-19-20(21)22/h6-7,9-12H,2-5,8,13-19H2,1H3,(H,21,22)/b7-6+,10-9+,12-11+. The van der Waals surface area contributed by atoms with Gasteiger partial charge in [0.1, 0.15) is 0 Å². The van der Waals surface area contributed by atoms with Crippen molar-refractivity contribution in [3.63, 3.8) is 0 Å². The van der Waals surface area contributed by atoms with Gasteiger partial charge in [0, 0.05) is 6.42 Å². The summed E-state index contributed by atoms with van der Waals surface area (Å²) >= 11 is 0. The molecule has 0 unspecified atom stereocenters. The molecule has 0 aromatic carbocycles. The Hall–Kier alpha value is -1.31. The Bertz CT molecular complexity index is 327. The van der Waals surface area contributed by atoms with E-state index in [4.69, 9.17) is 5.11 Å². The maximum Gasteiger partial charge on any atom is 0.303 e. The van der Waals surface area contributed by atoms with E-state index in [-0.39, 0.29) is 0 Å². The molecule has 2 heteroatoms. The molecular weight excluding hydrogens is 272 g/mol. The van der Waals surface area contributed by atoms with Crippen LogP contribution in [0.5, 0.6) is 0 Å². The summed E-state index contributed by atoms with van der Waals surface area (Å²) in [6.07, 6.45) is 26.2. The summed E-state index contributed by atoms with van der Waals surface area (Å²) in [5.74, 6) is -0.675. The van der Waals surface area contributed by atoms with Gasteiger partial charge < -0.3 is 5.11 Å². The number of carboxylic acids is 1. The Kier molecular flexibility index (Phi) is 16.7. The van der Waals surface area contributed by atoms with Gasteiger partial charge in [-0.1, -0.05) is 75.5 Å². The minimum absolute atomic E-state index is 0.317. The van der Waals surface area contributed by atoms with E-state index >= 15 is 0 Å². The molecule has 2 nitrogen and oxygen atoms in total. The minimum atomic E-state index is -0.675. The van der Waals surface area contributed by atoms with E-state index in [1.54, 1.807) is 0 Å². The SMILES string of the molecule is CCCCC/C=C/C/C=C/C=C/CCCCCCCC(=O)O. The number of hydrogen-bond donors (Lipinski definition) is 1. The van der Waals surface area contributed by atoms with Crippen LogP contribution in [0, 0.1) is 0 Å². The molecule has 126 valence electrons. The summed E-state index contributed by atoms with van der Waals surface area (Å²) in [7, 11) is 0. The highest BCUT2D eigenvalue weighted by Gasteiger charge is 1.95. The molecule has 0 spiro atoms. The molecule has 0 aromatic heterocycles. The molecule has 0 saturated heterocycles. The van der Waals surface area contributed by atoms with Gasteiger partial charge in [0.2, 0.25) is 0 Å². The first-order chi connectivity index (χ1) is 10.8. The average Bonchev–Trinajstić information content (AvgIpc) is 2.50. The van der Waals surface area contributed by atoms with Crippen molar-refractivity contribution in [2.45, 2.75) is 84.0 Å². The maximum absolute atomic E-state index is 10.3. The number of rotatable bonds is 15. The first-order valence-corrected chi connectivity index (χ1v) is 8.95. The Morgan fingerprint density at radius 2 is 1.41 bits per heavy atom. The van der Waals surface area contributed by atoms with Crippen LogP contribution in [-0.4, -0.2) is 11.1 Å². The number of carbonyl (C=O) groups is 1. The van der Waals surface area contributed by atoms with Crippen LogP contribution in [-0.2, 0) is 4.79 Å². The predicted molar refractivity (Wildman–Crippen MR) is 96.1 cm³/mol. The summed E-state index contributed by atoms with van der Waals surface area (Å²) in [6, 6.07) is 0. The van der Waals surface area contributed by atoms with E-state index in [0.717, 1.165) is 32.1 Å². The highest BCUT2D eigenvalue weighted by Crippen LogP contribution is 2.07. The third-order valence-electron chi connectivity index (χ3n) is 3.56. The summed E-state index contributed by atoms with van der Waals surface area (Å²) in [5, 5.41) is 8.52.